The normalized spacial score (nSPS) is 14.6. The first-order valence-corrected chi connectivity index (χ1v) is 22.1. The third-order valence-electron chi connectivity index (χ3n) is 8.29. The first-order chi connectivity index (χ1) is 25.6. The minimum atomic E-state index is -4.54. The van der Waals surface area contributed by atoms with Crippen molar-refractivity contribution >= 4 is 13.8 Å². The molecule has 306 valence electrons. The summed E-state index contributed by atoms with van der Waals surface area (Å²) < 4.78 is 34.4. The predicted octanol–water partition coefficient (Wildman–Crippen LogP) is 11.3. The van der Waals surface area contributed by atoms with Crippen molar-refractivity contribution in [1.82, 2.24) is 0 Å². The van der Waals surface area contributed by atoms with Crippen LogP contribution in [0.4, 0.5) is 0 Å². The van der Waals surface area contributed by atoms with Crippen molar-refractivity contribution in [1.29, 1.82) is 0 Å². The van der Waals surface area contributed by atoms with Crippen LogP contribution in [-0.2, 0) is 27.9 Å². The van der Waals surface area contributed by atoms with E-state index in [1.807, 2.05) is 33.3 Å². The van der Waals surface area contributed by atoms with Crippen molar-refractivity contribution in [3.63, 3.8) is 0 Å². The molecule has 8 nitrogen and oxygen atoms in total. The van der Waals surface area contributed by atoms with Crippen molar-refractivity contribution in [3.8, 4) is 0 Å². The number of esters is 1. The number of quaternary nitrogens is 1. The second kappa shape index (κ2) is 36.9. The molecule has 2 unspecified atom stereocenters. The van der Waals surface area contributed by atoms with Crippen molar-refractivity contribution in [2.45, 2.75) is 148 Å². The highest BCUT2D eigenvalue weighted by molar-refractivity contribution is 7.45. The molecule has 0 bridgehead atoms. The van der Waals surface area contributed by atoms with Gasteiger partial charge in [0, 0.05) is 13.0 Å². The number of ether oxygens (including phenoxy) is 2. The van der Waals surface area contributed by atoms with Gasteiger partial charge in [-0.15, -0.1) is 0 Å². The number of unbranched alkanes of at least 4 members (excludes halogenated alkanes) is 11. The summed E-state index contributed by atoms with van der Waals surface area (Å²) in [6, 6.07) is 0. The molecule has 0 N–H and O–H groups in total. The molecule has 0 aliphatic heterocycles. The molecular formula is C44H78NO7P. The van der Waals surface area contributed by atoms with E-state index in [0.717, 1.165) is 51.4 Å². The first-order valence-electron chi connectivity index (χ1n) is 20.7. The van der Waals surface area contributed by atoms with Crippen molar-refractivity contribution in [2.75, 3.05) is 54.1 Å². The molecular weight excluding hydrogens is 685 g/mol. The number of hydrogen-bond acceptors (Lipinski definition) is 7. The smallest absolute Gasteiger partial charge is 0.306 e. The summed E-state index contributed by atoms with van der Waals surface area (Å²) >= 11 is 0. The van der Waals surface area contributed by atoms with E-state index in [1.54, 1.807) is 0 Å². The van der Waals surface area contributed by atoms with Crippen LogP contribution in [0.3, 0.4) is 0 Å². The van der Waals surface area contributed by atoms with Gasteiger partial charge in [0.05, 0.1) is 34.4 Å². The molecule has 0 saturated carbocycles. The molecule has 2 atom stereocenters. The fraction of sp³-hybridized carbons (Fsp3) is 0.705. The highest BCUT2D eigenvalue weighted by Crippen LogP contribution is 2.38. The van der Waals surface area contributed by atoms with E-state index in [0.29, 0.717) is 24.1 Å². The van der Waals surface area contributed by atoms with Crippen molar-refractivity contribution in [2.24, 2.45) is 0 Å². The zero-order chi connectivity index (χ0) is 39.1. The summed E-state index contributed by atoms with van der Waals surface area (Å²) in [6.45, 7) is 5.17. The SMILES string of the molecule is CC/C=C\C/C=C\C/C=C\C/C=C\C/C=C\C/C=C\CCC(=O)OC(COCCCCCCCCCCCCCC)COP(=O)([O-])OCC[N+](C)(C)C. The fourth-order valence-electron chi connectivity index (χ4n) is 5.10. The zero-order valence-corrected chi connectivity index (χ0v) is 35.3. The third-order valence-corrected chi connectivity index (χ3v) is 9.25. The van der Waals surface area contributed by atoms with Gasteiger partial charge in [-0.25, -0.2) is 0 Å². The average Bonchev–Trinajstić information content (AvgIpc) is 3.11. The number of rotatable bonds is 37. The molecule has 0 aromatic carbocycles. The Bertz CT molecular complexity index is 1070. The molecule has 0 aromatic rings. The van der Waals surface area contributed by atoms with Crippen molar-refractivity contribution in [3.05, 3.63) is 72.9 Å². The van der Waals surface area contributed by atoms with E-state index in [1.165, 1.54) is 64.2 Å². The van der Waals surface area contributed by atoms with Crippen LogP contribution in [0.15, 0.2) is 72.9 Å². The molecule has 0 fully saturated rings. The van der Waals surface area contributed by atoms with Crippen LogP contribution >= 0.6 is 7.82 Å². The lowest BCUT2D eigenvalue weighted by atomic mass is 10.1. The minimum Gasteiger partial charge on any atom is -0.756 e. The lowest BCUT2D eigenvalue weighted by Gasteiger charge is -2.28. The Kier molecular flexibility index (Phi) is 35.5. The first kappa shape index (κ1) is 50.9. The van der Waals surface area contributed by atoms with Crippen LogP contribution < -0.4 is 4.89 Å². The third kappa shape index (κ3) is 41.0. The number of likely N-dealkylation sites (N-methyl/N-ethyl adjacent to an activating group) is 1. The van der Waals surface area contributed by atoms with Gasteiger partial charge in [-0.3, -0.25) is 9.36 Å². The molecule has 0 rings (SSSR count). The summed E-state index contributed by atoms with van der Waals surface area (Å²) in [5, 5.41) is 0. The molecule has 0 heterocycles. The number of allylic oxidation sites excluding steroid dienone is 12. The standard InChI is InChI=1S/C44H78NO7P/c1-6-8-10-12-14-16-18-20-21-22-23-24-25-26-27-29-31-33-35-37-44(46)52-43(42-51-53(47,48)50-40-38-45(3,4)5)41-49-39-36-34-32-30-28-19-17-15-13-11-9-7-2/h8,10,14,16,20-21,23-24,26-27,31,33,43H,6-7,9,11-13,15,17-19,22,25,28-30,32,34-42H2,1-5H3/b10-8-,16-14-,21-20-,24-23-,27-26-,33-31-. The molecule has 0 saturated heterocycles. The zero-order valence-electron chi connectivity index (χ0n) is 34.4. The molecule has 53 heavy (non-hydrogen) atoms. The molecule has 9 heteroatoms. The Labute approximate surface area is 325 Å². The topological polar surface area (TPSA) is 94.1 Å². The highest BCUT2D eigenvalue weighted by Gasteiger charge is 2.20. The van der Waals surface area contributed by atoms with Crippen LogP contribution in [0, 0.1) is 0 Å². The van der Waals surface area contributed by atoms with Crippen LogP contribution in [0.25, 0.3) is 0 Å². The second-order valence-electron chi connectivity index (χ2n) is 14.6. The minimum absolute atomic E-state index is 0.0101. The van der Waals surface area contributed by atoms with Crippen LogP contribution in [0.1, 0.15) is 142 Å². The Morgan fingerprint density at radius 2 is 1.06 bits per heavy atom. The summed E-state index contributed by atoms with van der Waals surface area (Å²) in [4.78, 5) is 25.0. The van der Waals surface area contributed by atoms with Gasteiger partial charge in [0.25, 0.3) is 7.82 Å². The van der Waals surface area contributed by atoms with Gasteiger partial charge >= 0.3 is 5.97 Å². The number of hydrogen-bond donors (Lipinski definition) is 0. The van der Waals surface area contributed by atoms with Gasteiger partial charge in [-0.05, 0) is 51.4 Å². The number of phosphoric ester groups is 1. The van der Waals surface area contributed by atoms with Gasteiger partial charge < -0.3 is 27.9 Å². The van der Waals surface area contributed by atoms with Gasteiger partial charge in [-0.2, -0.15) is 0 Å². The molecule has 0 amide bonds. The van der Waals surface area contributed by atoms with Gasteiger partial charge in [0.1, 0.15) is 19.3 Å². The molecule has 0 aromatic heterocycles. The Morgan fingerprint density at radius 1 is 0.604 bits per heavy atom. The highest BCUT2D eigenvalue weighted by atomic mass is 31.2. The van der Waals surface area contributed by atoms with Crippen LogP contribution in [0.5, 0.6) is 0 Å². The lowest BCUT2D eigenvalue weighted by molar-refractivity contribution is -0.870. The Hall–Kier alpha value is -2.06. The summed E-state index contributed by atoms with van der Waals surface area (Å²) in [5.41, 5.74) is 0. The number of phosphoric acid groups is 1. The summed E-state index contributed by atoms with van der Waals surface area (Å²) in [7, 11) is 1.30. The van der Waals surface area contributed by atoms with E-state index in [-0.39, 0.29) is 26.2 Å². The predicted molar refractivity (Wildman–Crippen MR) is 222 cm³/mol. The molecule has 0 spiro atoms. The van der Waals surface area contributed by atoms with Gasteiger partial charge in [0.2, 0.25) is 0 Å². The van der Waals surface area contributed by atoms with E-state index in [2.05, 4.69) is 74.6 Å². The summed E-state index contributed by atoms with van der Waals surface area (Å²) in [6.07, 6.45) is 46.4. The molecule has 0 radical (unpaired) electrons. The van der Waals surface area contributed by atoms with Gasteiger partial charge in [0.15, 0.2) is 0 Å². The van der Waals surface area contributed by atoms with E-state index in [9.17, 15) is 14.3 Å². The maximum absolute atomic E-state index is 12.6. The second-order valence-corrected chi connectivity index (χ2v) is 16.0. The lowest BCUT2D eigenvalue weighted by Crippen LogP contribution is -2.37. The Balaban J connectivity index is 4.41. The molecule has 0 aliphatic rings. The monoisotopic (exact) mass is 764 g/mol. The van der Waals surface area contributed by atoms with E-state index >= 15 is 0 Å². The Morgan fingerprint density at radius 3 is 1.53 bits per heavy atom. The number of carbonyl (C=O) groups is 1. The van der Waals surface area contributed by atoms with Crippen molar-refractivity contribution < 1.29 is 37.3 Å². The number of nitrogens with zero attached hydrogens (tertiary/aromatic N) is 1. The number of carbonyl (C=O) groups excluding carboxylic acids is 1. The largest absolute Gasteiger partial charge is 0.756 e. The maximum atomic E-state index is 12.6. The quantitative estimate of drug-likeness (QED) is 0.0204. The van der Waals surface area contributed by atoms with E-state index in [4.69, 9.17) is 18.5 Å². The van der Waals surface area contributed by atoms with Gasteiger partial charge in [-0.1, -0.05) is 157 Å². The molecule has 0 aliphatic carbocycles. The summed E-state index contributed by atoms with van der Waals surface area (Å²) in [5.74, 6) is -0.418. The average molecular weight is 764 g/mol. The van der Waals surface area contributed by atoms with Crippen LogP contribution in [-0.4, -0.2) is 70.7 Å². The van der Waals surface area contributed by atoms with E-state index < -0.39 is 19.9 Å². The maximum Gasteiger partial charge on any atom is 0.306 e. The fourth-order valence-corrected chi connectivity index (χ4v) is 5.83. The van der Waals surface area contributed by atoms with Crippen LogP contribution in [0.2, 0.25) is 0 Å².